The standard InChI is InChI=1S/C14H23N3O4/c1-9-7-17(8-12(9)13(19)20)14(21)16-5-3-11(4-6-16)15-10(2)18/h9,11-12H,3-8H2,1-2H3,(H,15,18)(H,19,20). The summed E-state index contributed by atoms with van der Waals surface area (Å²) in [4.78, 5) is 37.9. The van der Waals surface area contributed by atoms with E-state index in [2.05, 4.69) is 5.32 Å². The summed E-state index contributed by atoms with van der Waals surface area (Å²) in [7, 11) is 0. The molecule has 3 amide bonds. The molecule has 2 aliphatic heterocycles. The Hall–Kier alpha value is -1.79. The van der Waals surface area contributed by atoms with Crippen LogP contribution in [0.15, 0.2) is 0 Å². The molecule has 2 aliphatic rings. The number of hydrogen-bond acceptors (Lipinski definition) is 3. The summed E-state index contributed by atoms with van der Waals surface area (Å²) in [5.74, 6) is -1.35. The van der Waals surface area contributed by atoms with Crippen LogP contribution in [0, 0.1) is 11.8 Å². The molecule has 2 N–H and O–H groups in total. The van der Waals surface area contributed by atoms with Gasteiger partial charge in [0.05, 0.1) is 5.92 Å². The number of hydrogen-bond donors (Lipinski definition) is 2. The molecule has 0 radical (unpaired) electrons. The second-order valence-electron chi connectivity index (χ2n) is 6.07. The van der Waals surface area contributed by atoms with Crippen LogP contribution in [0.1, 0.15) is 26.7 Å². The summed E-state index contributed by atoms with van der Waals surface area (Å²) >= 11 is 0. The average Bonchev–Trinajstić information content (AvgIpc) is 2.80. The van der Waals surface area contributed by atoms with Crippen molar-refractivity contribution >= 4 is 17.9 Å². The van der Waals surface area contributed by atoms with Crippen LogP contribution in [-0.2, 0) is 9.59 Å². The van der Waals surface area contributed by atoms with E-state index in [1.54, 1.807) is 9.80 Å². The van der Waals surface area contributed by atoms with Gasteiger partial charge in [-0.3, -0.25) is 9.59 Å². The molecule has 0 aromatic carbocycles. The van der Waals surface area contributed by atoms with E-state index >= 15 is 0 Å². The van der Waals surface area contributed by atoms with Crippen LogP contribution in [0.2, 0.25) is 0 Å². The highest BCUT2D eigenvalue weighted by Gasteiger charge is 2.38. The summed E-state index contributed by atoms with van der Waals surface area (Å²) in [6.07, 6.45) is 1.49. The Balaban J connectivity index is 1.85. The van der Waals surface area contributed by atoms with Gasteiger partial charge in [-0.25, -0.2) is 4.79 Å². The van der Waals surface area contributed by atoms with Gasteiger partial charge in [0.1, 0.15) is 0 Å². The van der Waals surface area contributed by atoms with Crippen LogP contribution < -0.4 is 5.32 Å². The van der Waals surface area contributed by atoms with Crippen molar-refractivity contribution in [3.05, 3.63) is 0 Å². The Morgan fingerprint density at radius 2 is 1.71 bits per heavy atom. The first-order chi connectivity index (χ1) is 9.88. The first-order valence-corrected chi connectivity index (χ1v) is 7.42. The van der Waals surface area contributed by atoms with Crippen LogP contribution in [0.25, 0.3) is 0 Å². The number of nitrogens with one attached hydrogen (secondary N) is 1. The summed E-state index contributed by atoms with van der Waals surface area (Å²) in [6.45, 7) is 5.37. The quantitative estimate of drug-likeness (QED) is 0.770. The van der Waals surface area contributed by atoms with Gasteiger partial charge in [-0.05, 0) is 18.8 Å². The van der Waals surface area contributed by atoms with E-state index in [0.29, 0.717) is 26.2 Å². The maximum Gasteiger partial charge on any atom is 0.320 e. The van der Waals surface area contributed by atoms with Gasteiger partial charge in [-0.2, -0.15) is 0 Å². The number of amides is 3. The molecule has 0 aliphatic carbocycles. The molecule has 2 fully saturated rings. The van der Waals surface area contributed by atoms with E-state index in [0.717, 1.165) is 12.8 Å². The summed E-state index contributed by atoms with van der Waals surface area (Å²) in [5, 5.41) is 12.0. The smallest absolute Gasteiger partial charge is 0.320 e. The van der Waals surface area contributed by atoms with E-state index < -0.39 is 11.9 Å². The zero-order valence-electron chi connectivity index (χ0n) is 12.5. The van der Waals surface area contributed by atoms with E-state index in [4.69, 9.17) is 5.11 Å². The van der Waals surface area contributed by atoms with Crippen molar-refractivity contribution in [2.24, 2.45) is 11.8 Å². The van der Waals surface area contributed by atoms with Gasteiger partial charge in [-0.15, -0.1) is 0 Å². The van der Waals surface area contributed by atoms with Crippen molar-refractivity contribution < 1.29 is 19.5 Å². The van der Waals surface area contributed by atoms with Gasteiger partial charge >= 0.3 is 12.0 Å². The Morgan fingerprint density at radius 3 is 2.19 bits per heavy atom. The predicted molar refractivity (Wildman–Crippen MR) is 75.7 cm³/mol. The van der Waals surface area contributed by atoms with Crippen molar-refractivity contribution in [1.82, 2.24) is 15.1 Å². The average molecular weight is 297 g/mol. The summed E-state index contributed by atoms with van der Waals surface area (Å²) in [5.41, 5.74) is 0. The lowest BCUT2D eigenvalue weighted by atomic mass is 9.99. The predicted octanol–water partition coefficient (Wildman–Crippen LogP) is 0.359. The van der Waals surface area contributed by atoms with Crippen LogP contribution in [0.3, 0.4) is 0 Å². The van der Waals surface area contributed by atoms with Crippen molar-refractivity contribution in [2.45, 2.75) is 32.7 Å². The molecule has 21 heavy (non-hydrogen) atoms. The monoisotopic (exact) mass is 297 g/mol. The van der Waals surface area contributed by atoms with Crippen molar-refractivity contribution in [3.63, 3.8) is 0 Å². The first kappa shape index (κ1) is 15.6. The highest BCUT2D eigenvalue weighted by atomic mass is 16.4. The molecule has 7 heteroatoms. The second kappa shape index (κ2) is 6.32. The first-order valence-electron chi connectivity index (χ1n) is 7.42. The molecule has 2 heterocycles. The SMILES string of the molecule is CC(=O)NC1CCN(C(=O)N2CC(C)C(C(=O)O)C2)CC1. The minimum absolute atomic E-state index is 0.0108. The number of piperidine rings is 1. The Kier molecular flexibility index (Phi) is 4.69. The number of likely N-dealkylation sites (tertiary alicyclic amines) is 2. The molecule has 0 bridgehead atoms. The molecule has 7 nitrogen and oxygen atoms in total. The molecular weight excluding hydrogens is 274 g/mol. The molecule has 2 rings (SSSR count). The van der Waals surface area contributed by atoms with E-state index in [1.165, 1.54) is 6.92 Å². The van der Waals surface area contributed by atoms with Crippen molar-refractivity contribution in [1.29, 1.82) is 0 Å². The minimum Gasteiger partial charge on any atom is -0.481 e. The number of carbonyl (C=O) groups is 3. The number of carbonyl (C=O) groups excluding carboxylic acids is 2. The molecular formula is C14H23N3O4. The van der Waals surface area contributed by atoms with Crippen molar-refractivity contribution in [3.8, 4) is 0 Å². The van der Waals surface area contributed by atoms with E-state index in [-0.39, 0.29) is 23.9 Å². The third kappa shape index (κ3) is 3.65. The third-order valence-corrected chi connectivity index (χ3v) is 4.37. The minimum atomic E-state index is -0.831. The highest BCUT2D eigenvalue weighted by molar-refractivity contribution is 5.78. The van der Waals surface area contributed by atoms with Crippen LogP contribution >= 0.6 is 0 Å². The highest BCUT2D eigenvalue weighted by Crippen LogP contribution is 2.25. The largest absolute Gasteiger partial charge is 0.481 e. The van der Waals surface area contributed by atoms with Crippen LogP contribution in [-0.4, -0.2) is 65.0 Å². The molecule has 118 valence electrons. The van der Waals surface area contributed by atoms with Gasteiger partial charge in [0.2, 0.25) is 5.91 Å². The second-order valence-corrected chi connectivity index (χ2v) is 6.07. The van der Waals surface area contributed by atoms with Gasteiger partial charge in [0.25, 0.3) is 0 Å². The summed E-state index contributed by atoms with van der Waals surface area (Å²) < 4.78 is 0. The number of carboxylic acid groups (broad SMARTS) is 1. The van der Waals surface area contributed by atoms with Gasteiger partial charge in [0.15, 0.2) is 0 Å². The van der Waals surface area contributed by atoms with Gasteiger partial charge in [0, 0.05) is 39.1 Å². The molecule has 0 aromatic rings. The number of nitrogens with zero attached hydrogens (tertiary/aromatic N) is 2. The number of urea groups is 1. The lowest BCUT2D eigenvalue weighted by Crippen LogP contribution is -2.50. The zero-order valence-corrected chi connectivity index (χ0v) is 12.5. The fourth-order valence-corrected chi connectivity index (χ4v) is 3.15. The molecule has 0 saturated carbocycles. The maximum atomic E-state index is 12.4. The summed E-state index contributed by atoms with van der Waals surface area (Å²) in [6, 6.07) is 0.0581. The van der Waals surface area contributed by atoms with E-state index in [9.17, 15) is 14.4 Å². The molecule has 0 spiro atoms. The van der Waals surface area contributed by atoms with E-state index in [1.807, 2.05) is 6.92 Å². The Labute approximate surface area is 124 Å². The third-order valence-electron chi connectivity index (χ3n) is 4.37. The molecule has 2 unspecified atom stereocenters. The molecule has 2 saturated heterocycles. The van der Waals surface area contributed by atoms with Crippen LogP contribution in [0.4, 0.5) is 4.79 Å². The normalized spacial score (nSPS) is 26.8. The fourth-order valence-electron chi connectivity index (χ4n) is 3.15. The maximum absolute atomic E-state index is 12.4. The van der Waals surface area contributed by atoms with Gasteiger partial charge in [-0.1, -0.05) is 6.92 Å². The molecule has 0 aromatic heterocycles. The number of carboxylic acids is 1. The van der Waals surface area contributed by atoms with Gasteiger partial charge < -0.3 is 20.2 Å². The number of aliphatic carboxylic acids is 1. The van der Waals surface area contributed by atoms with Crippen molar-refractivity contribution in [2.75, 3.05) is 26.2 Å². The van der Waals surface area contributed by atoms with Crippen LogP contribution in [0.5, 0.6) is 0 Å². The zero-order chi connectivity index (χ0) is 15.6. The Morgan fingerprint density at radius 1 is 1.10 bits per heavy atom. The topological polar surface area (TPSA) is 90.0 Å². The molecule has 2 atom stereocenters. The fraction of sp³-hybridized carbons (Fsp3) is 0.786. The number of rotatable bonds is 2. The lowest BCUT2D eigenvalue weighted by Gasteiger charge is -2.34. The Bertz CT molecular complexity index is 432. The lowest BCUT2D eigenvalue weighted by molar-refractivity contribution is -0.142.